The van der Waals surface area contributed by atoms with Gasteiger partial charge in [-0.05, 0) is 61.1 Å². The molecule has 0 spiro atoms. The van der Waals surface area contributed by atoms with Crippen LogP contribution in [0.15, 0.2) is 46.9 Å². The number of hydrogen-bond acceptors (Lipinski definition) is 5. The molecule has 1 amide bonds. The highest BCUT2D eigenvalue weighted by Gasteiger charge is 2.15. The highest BCUT2D eigenvalue weighted by Crippen LogP contribution is 2.27. The number of para-hydroxylation sites is 1. The zero-order chi connectivity index (χ0) is 18.6. The number of halogens is 1. The molecule has 3 aromatic rings. The number of aryl methyl sites for hydroxylation is 2. The summed E-state index contributed by atoms with van der Waals surface area (Å²) in [5.74, 6) is 0.413. The van der Waals surface area contributed by atoms with Gasteiger partial charge in [0.15, 0.2) is 6.61 Å². The van der Waals surface area contributed by atoms with E-state index in [0.29, 0.717) is 16.7 Å². The van der Waals surface area contributed by atoms with E-state index in [1.165, 1.54) is 24.0 Å². The molecule has 27 heavy (non-hydrogen) atoms. The molecule has 0 atom stereocenters. The summed E-state index contributed by atoms with van der Waals surface area (Å²) in [4.78, 5) is 12.0. The van der Waals surface area contributed by atoms with Crippen LogP contribution in [-0.2, 0) is 17.6 Å². The quantitative estimate of drug-likeness (QED) is 0.711. The molecule has 4 rings (SSSR count). The Bertz CT molecular complexity index is 971. The maximum atomic E-state index is 12.0. The van der Waals surface area contributed by atoms with E-state index < -0.39 is 5.91 Å². The fraction of sp³-hybridized carbons (Fsp3) is 0.250. The van der Waals surface area contributed by atoms with Crippen LogP contribution in [0.5, 0.6) is 5.75 Å². The van der Waals surface area contributed by atoms with Crippen molar-refractivity contribution in [1.82, 2.24) is 10.2 Å². The Balaban J connectivity index is 1.39. The second-order valence-electron chi connectivity index (χ2n) is 6.37. The van der Waals surface area contributed by atoms with Crippen molar-refractivity contribution in [3.05, 3.63) is 58.6 Å². The fourth-order valence-corrected chi connectivity index (χ4v) is 3.31. The molecule has 0 saturated heterocycles. The zero-order valence-electron chi connectivity index (χ0n) is 14.6. The Labute approximate surface area is 161 Å². The van der Waals surface area contributed by atoms with Gasteiger partial charge in [-0.1, -0.05) is 34.9 Å². The predicted molar refractivity (Wildman–Crippen MR) is 102 cm³/mol. The largest absolute Gasteiger partial charge is 0.482 e. The molecule has 1 aliphatic carbocycles. The molecule has 0 unspecified atom stereocenters. The number of nitrogens with zero attached hydrogens (tertiary/aromatic N) is 2. The first kappa shape index (κ1) is 17.5. The van der Waals surface area contributed by atoms with Crippen molar-refractivity contribution in [2.75, 3.05) is 11.9 Å². The Morgan fingerprint density at radius 2 is 1.93 bits per heavy atom. The summed E-state index contributed by atoms with van der Waals surface area (Å²) in [6.07, 6.45) is 4.62. The average molecular weight is 384 g/mol. The van der Waals surface area contributed by atoms with Gasteiger partial charge in [-0.25, -0.2) is 0 Å². The van der Waals surface area contributed by atoms with Gasteiger partial charge in [-0.15, -0.1) is 5.10 Å². The van der Waals surface area contributed by atoms with E-state index in [9.17, 15) is 4.79 Å². The summed E-state index contributed by atoms with van der Waals surface area (Å²) in [5.41, 5.74) is 3.57. The first-order valence-electron chi connectivity index (χ1n) is 8.82. The maximum absolute atomic E-state index is 12.0. The number of carbonyl (C=O) groups excluding carboxylic acids is 1. The Hall–Kier alpha value is -2.86. The molecule has 7 heteroatoms. The summed E-state index contributed by atoms with van der Waals surface area (Å²) in [7, 11) is 0. The Morgan fingerprint density at radius 3 is 2.78 bits per heavy atom. The minimum Gasteiger partial charge on any atom is -0.482 e. The summed E-state index contributed by atoms with van der Waals surface area (Å²) >= 11 is 5.99. The van der Waals surface area contributed by atoms with E-state index >= 15 is 0 Å². The molecule has 0 aliphatic heterocycles. The first-order valence-corrected chi connectivity index (χ1v) is 9.20. The summed E-state index contributed by atoms with van der Waals surface area (Å²) in [6, 6.07) is 13.2. The van der Waals surface area contributed by atoms with Gasteiger partial charge in [-0.2, -0.15) is 0 Å². The van der Waals surface area contributed by atoms with E-state index in [4.69, 9.17) is 20.8 Å². The smallest absolute Gasteiger partial charge is 0.322 e. The zero-order valence-corrected chi connectivity index (χ0v) is 15.3. The van der Waals surface area contributed by atoms with Crippen LogP contribution in [0, 0.1) is 0 Å². The lowest BCUT2D eigenvalue weighted by molar-refractivity contribution is -0.118. The second kappa shape index (κ2) is 7.80. The van der Waals surface area contributed by atoms with Gasteiger partial charge in [0.05, 0.1) is 5.02 Å². The molecule has 6 nitrogen and oxygen atoms in total. The average Bonchev–Trinajstić information content (AvgIpc) is 3.15. The van der Waals surface area contributed by atoms with Crippen LogP contribution in [-0.4, -0.2) is 22.7 Å². The lowest BCUT2D eigenvalue weighted by Crippen LogP contribution is -2.20. The van der Waals surface area contributed by atoms with Crippen molar-refractivity contribution in [2.24, 2.45) is 0 Å². The molecule has 2 aromatic carbocycles. The number of rotatable bonds is 5. The van der Waals surface area contributed by atoms with Crippen molar-refractivity contribution in [2.45, 2.75) is 25.7 Å². The van der Waals surface area contributed by atoms with Crippen molar-refractivity contribution < 1.29 is 13.9 Å². The van der Waals surface area contributed by atoms with Gasteiger partial charge in [0.2, 0.25) is 5.89 Å². The molecule has 0 fully saturated rings. The van der Waals surface area contributed by atoms with Gasteiger partial charge in [0.1, 0.15) is 5.75 Å². The standard InChI is InChI=1S/C20H18ClN3O3/c21-16-7-3-4-8-17(16)26-12-18(25)22-20-24-23-19(27-20)15-10-9-13-5-1-2-6-14(13)11-15/h3-4,7-11H,1-2,5-6,12H2,(H,22,24,25). The van der Waals surface area contributed by atoms with Crippen LogP contribution in [0.1, 0.15) is 24.0 Å². The van der Waals surface area contributed by atoms with Crippen LogP contribution >= 0.6 is 11.6 Å². The summed E-state index contributed by atoms with van der Waals surface area (Å²) < 4.78 is 11.0. The van der Waals surface area contributed by atoms with E-state index in [-0.39, 0.29) is 12.6 Å². The monoisotopic (exact) mass is 383 g/mol. The van der Waals surface area contributed by atoms with Gasteiger partial charge >= 0.3 is 6.01 Å². The number of hydrogen-bond donors (Lipinski definition) is 1. The van der Waals surface area contributed by atoms with E-state index in [1.807, 2.05) is 6.07 Å². The van der Waals surface area contributed by atoms with Crippen LogP contribution in [0.2, 0.25) is 5.02 Å². The molecule has 1 aliphatic rings. The molecule has 0 saturated carbocycles. The third kappa shape index (κ3) is 4.11. The molecule has 0 radical (unpaired) electrons. The van der Waals surface area contributed by atoms with Crippen LogP contribution in [0.25, 0.3) is 11.5 Å². The molecule has 0 bridgehead atoms. The first-order chi connectivity index (χ1) is 13.2. The van der Waals surface area contributed by atoms with Crippen molar-refractivity contribution >= 4 is 23.5 Å². The van der Waals surface area contributed by atoms with Gasteiger partial charge in [0, 0.05) is 5.56 Å². The van der Waals surface area contributed by atoms with Crippen LogP contribution < -0.4 is 10.1 Å². The molecular weight excluding hydrogens is 366 g/mol. The minimum absolute atomic E-state index is 0.0375. The van der Waals surface area contributed by atoms with Crippen molar-refractivity contribution in [1.29, 1.82) is 0 Å². The van der Waals surface area contributed by atoms with E-state index in [2.05, 4.69) is 27.6 Å². The number of benzene rings is 2. The van der Waals surface area contributed by atoms with Crippen molar-refractivity contribution in [3.8, 4) is 17.2 Å². The van der Waals surface area contributed by atoms with Gasteiger partial charge < -0.3 is 9.15 Å². The lowest BCUT2D eigenvalue weighted by atomic mass is 9.90. The summed E-state index contributed by atoms with van der Waals surface area (Å²) in [6.45, 7) is -0.208. The van der Waals surface area contributed by atoms with Gasteiger partial charge in [0.25, 0.3) is 5.91 Å². The molecule has 1 heterocycles. The molecule has 138 valence electrons. The number of aromatic nitrogens is 2. The molecular formula is C20H18ClN3O3. The minimum atomic E-state index is -0.407. The highest BCUT2D eigenvalue weighted by molar-refractivity contribution is 6.32. The normalized spacial score (nSPS) is 13.1. The predicted octanol–water partition coefficient (Wildman–Crippen LogP) is 4.29. The molecule has 1 N–H and O–H groups in total. The lowest BCUT2D eigenvalue weighted by Gasteiger charge is -2.15. The second-order valence-corrected chi connectivity index (χ2v) is 6.78. The topological polar surface area (TPSA) is 77.2 Å². The van der Waals surface area contributed by atoms with E-state index in [0.717, 1.165) is 18.4 Å². The van der Waals surface area contributed by atoms with Crippen LogP contribution in [0.3, 0.4) is 0 Å². The van der Waals surface area contributed by atoms with Crippen molar-refractivity contribution in [3.63, 3.8) is 0 Å². The van der Waals surface area contributed by atoms with Crippen LogP contribution in [0.4, 0.5) is 6.01 Å². The van der Waals surface area contributed by atoms with Gasteiger partial charge in [-0.3, -0.25) is 10.1 Å². The van der Waals surface area contributed by atoms with E-state index in [1.54, 1.807) is 24.3 Å². The SMILES string of the molecule is O=C(COc1ccccc1Cl)Nc1nnc(-c2ccc3c(c2)CCCC3)o1. The third-order valence-corrected chi connectivity index (χ3v) is 4.77. The number of nitrogens with one attached hydrogen (secondary N) is 1. The fourth-order valence-electron chi connectivity index (χ4n) is 3.12. The molecule has 1 aromatic heterocycles. The number of amides is 1. The number of ether oxygens (including phenoxy) is 1. The Kier molecular flexibility index (Phi) is 5.07. The number of carbonyl (C=O) groups is 1. The Morgan fingerprint density at radius 1 is 1.11 bits per heavy atom. The number of fused-ring (bicyclic) bond motifs is 1. The number of anilines is 1. The maximum Gasteiger partial charge on any atom is 0.322 e. The third-order valence-electron chi connectivity index (χ3n) is 4.46. The summed E-state index contributed by atoms with van der Waals surface area (Å²) in [5, 5.41) is 10.9. The highest BCUT2D eigenvalue weighted by atomic mass is 35.5.